The molecule has 388 valence electrons. The Morgan fingerprint density at radius 2 is 0.653 bits per heavy atom. The number of hydrogen-bond donors (Lipinski definition) is 6. The minimum absolute atomic E-state index is 0.00604. The average Bonchev–Trinajstić information content (AvgIpc) is 4.12. The summed E-state index contributed by atoms with van der Waals surface area (Å²) in [4.78, 5) is 62.7. The summed E-state index contributed by atoms with van der Waals surface area (Å²) in [6.45, 7) is 17.3. The van der Waals surface area contributed by atoms with Crippen LogP contribution in [0.2, 0.25) is 0 Å². The van der Waals surface area contributed by atoms with Gasteiger partial charge in [0.05, 0.1) is 26.2 Å². The summed E-state index contributed by atoms with van der Waals surface area (Å²) < 4.78 is 11.8. The summed E-state index contributed by atoms with van der Waals surface area (Å²) in [5.74, 6) is 2.55. The van der Waals surface area contributed by atoms with Crippen LogP contribution in [0.25, 0.3) is 0 Å². The first kappa shape index (κ1) is 53.8. The number of carbonyl (C=O) groups is 4. The molecule has 18 heteroatoms. The number of ether oxygens (including phenoxy) is 2. The predicted molar refractivity (Wildman–Crippen MR) is 285 cm³/mol. The van der Waals surface area contributed by atoms with Gasteiger partial charge in [0.25, 0.3) is 0 Å². The number of nitrogens with one attached hydrogen (secondary N) is 6. The van der Waals surface area contributed by atoms with Crippen molar-refractivity contribution in [2.24, 2.45) is 0 Å². The largest absolute Gasteiger partial charge is 0.457 e. The van der Waals surface area contributed by atoms with E-state index in [1.54, 1.807) is 0 Å². The van der Waals surface area contributed by atoms with Gasteiger partial charge >= 0.3 is 0 Å². The average molecular weight is 989 g/mol. The number of likely N-dealkylation sites (N-methyl/N-ethyl adjacent to an activating group) is 2. The maximum Gasteiger partial charge on any atom is 0.238 e. The molecule has 4 fully saturated rings. The maximum atomic E-state index is 12.3. The van der Waals surface area contributed by atoms with Crippen molar-refractivity contribution in [3.8, 4) is 23.0 Å². The highest BCUT2D eigenvalue weighted by atomic mass is 16.5. The van der Waals surface area contributed by atoms with Crippen molar-refractivity contribution in [1.29, 1.82) is 0 Å². The van der Waals surface area contributed by atoms with E-state index in [0.717, 1.165) is 101 Å². The molecule has 4 aromatic rings. The molecular formula is C54H76N12O6. The number of likely N-dealkylation sites (tertiary alicyclic amines) is 2. The van der Waals surface area contributed by atoms with E-state index in [1.807, 2.05) is 97.1 Å². The highest BCUT2D eigenvalue weighted by Crippen LogP contribution is 2.26. The number of piperazine rings is 2. The van der Waals surface area contributed by atoms with Gasteiger partial charge in [-0.15, -0.1) is 0 Å². The van der Waals surface area contributed by atoms with Crippen LogP contribution < -0.4 is 41.4 Å². The van der Waals surface area contributed by atoms with E-state index in [-0.39, 0.29) is 23.6 Å². The second kappa shape index (κ2) is 28.9. The van der Waals surface area contributed by atoms with Crippen molar-refractivity contribution in [2.45, 2.75) is 25.7 Å². The fraction of sp³-hybridized carbons (Fsp3) is 0.481. The van der Waals surface area contributed by atoms with Gasteiger partial charge in [-0.05, 0) is 163 Å². The molecule has 0 atom stereocenters. The zero-order valence-corrected chi connectivity index (χ0v) is 42.3. The Morgan fingerprint density at radius 1 is 0.375 bits per heavy atom. The molecule has 6 N–H and O–H groups in total. The summed E-state index contributed by atoms with van der Waals surface area (Å²) in [5, 5.41) is 18.1. The lowest BCUT2D eigenvalue weighted by atomic mass is 10.2. The Balaban J connectivity index is 0.000000212. The second-order valence-electron chi connectivity index (χ2n) is 19.1. The summed E-state index contributed by atoms with van der Waals surface area (Å²) in [5.41, 5.74) is 2.95. The van der Waals surface area contributed by atoms with Gasteiger partial charge in [-0.25, -0.2) is 0 Å². The van der Waals surface area contributed by atoms with Gasteiger partial charge in [0.15, 0.2) is 0 Å². The van der Waals surface area contributed by atoms with Crippen LogP contribution in [0.5, 0.6) is 23.0 Å². The standard InChI is InChI=1S/C28H40N6O3.C26H36N6O3/c35-27(21-29-13-19-33-15-1-2-16-33)31-23-5-9-25(10-6-23)37-26-11-7-24(8-12-26)32-28(36)22-30-14-20-34-17-3-4-18-34;1-29-11-15-31(16-12-29)19-25(33)27-21-3-7-23(8-4-21)35-24-9-5-22(6-10-24)28-26(34)20-32-17-13-30(2)14-18-32/h5-12,29-30H,1-4,13-22H2,(H,31,35)(H,32,36);3-10H,11-20H2,1-2H3,(H,27,33)(H,28,34). The van der Waals surface area contributed by atoms with Gasteiger partial charge in [0, 0.05) is 101 Å². The lowest BCUT2D eigenvalue weighted by molar-refractivity contribution is -0.118. The molecule has 72 heavy (non-hydrogen) atoms. The van der Waals surface area contributed by atoms with Crippen LogP contribution in [0, 0.1) is 0 Å². The van der Waals surface area contributed by atoms with Gasteiger partial charge in [0.2, 0.25) is 23.6 Å². The normalized spacial score (nSPS) is 17.1. The molecule has 4 saturated heterocycles. The fourth-order valence-corrected chi connectivity index (χ4v) is 8.82. The van der Waals surface area contributed by atoms with Crippen LogP contribution in [0.4, 0.5) is 22.7 Å². The number of carbonyl (C=O) groups excluding carboxylic acids is 4. The van der Waals surface area contributed by atoms with E-state index in [9.17, 15) is 19.2 Å². The third-order valence-corrected chi connectivity index (χ3v) is 13.1. The maximum absolute atomic E-state index is 12.3. The van der Waals surface area contributed by atoms with Crippen molar-refractivity contribution in [2.75, 3.05) is 166 Å². The molecule has 4 amide bonds. The molecule has 4 aliphatic heterocycles. The molecule has 8 rings (SSSR count). The highest BCUT2D eigenvalue weighted by molar-refractivity contribution is 5.94. The number of benzene rings is 4. The predicted octanol–water partition coefficient (Wildman–Crippen LogP) is 4.58. The molecule has 0 spiro atoms. The molecule has 18 nitrogen and oxygen atoms in total. The summed E-state index contributed by atoms with van der Waals surface area (Å²) >= 11 is 0. The summed E-state index contributed by atoms with van der Waals surface area (Å²) in [6, 6.07) is 29.2. The molecule has 0 saturated carbocycles. The highest BCUT2D eigenvalue weighted by Gasteiger charge is 2.19. The minimum Gasteiger partial charge on any atom is -0.457 e. The Kier molecular flexibility index (Phi) is 21.6. The monoisotopic (exact) mass is 989 g/mol. The molecule has 0 aromatic heterocycles. The molecule has 4 heterocycles. The quantitative estimate of drug-likeness (QED) is 0.0604. The van der Waals surface area contributed by atoms with Gasteiger partial charge in [-0.3, -0.25) is 29.0 Å². The number of nitrogens with zero attached hydrogens (tertiary/aromatic N) is 6. The van der Waals surface area contributed by atoms with Gasteiger partial charge in [0.1, 0.15) is 23.0 Å². The van der Waals surface area contributed by atoms with Crippen LogP contribution in [-0.2, 0) is 19.2 Å². The molecular weight excluding hydrogens is 913 g/mol. The molecule has 0 bridgehead atoms. The Bertz CT molecular complexity index is 2100. The van der Waals surface area contributed by atoms with E-state index in [1.165, 1.54) is 51.9 Å². The van der Waals surface area contributed by atoms with Crippen molar-refractivity contribution in [3.05, 3.63) is 97.1 Å². The Hall–Kier alpha value is -5.96. The van der Waals surface area contributed by atoms with E-state index < -0.39 is 0 Å². The van der Waals surface area contributed by atoms with Crippen LogP contribution in [0.15, 0.2) is 97.1 Å². The van der Waals surface area contributed by atoms with Crippen molar-refractivity contribution in [1.82, 2.24) is 40.0 Å². The van der Waals surface area contributed by atoms with E-state index in [2.05, 4.69) is 75.4 Å². The smallest absolute Gasteiger partial charge is 0.238 e. The van der Waals surface area contributed by atoms with Crippen molar-refractivity contribution in [3.63, 3.8) is 0 Å². The van der Waals surface area contributed by atoms with E-state index in [4.69, 9.17) is 9.47 Å². The first-order valence-corrected chi connectivity index (χ1v) is 25.7. The zero-order chi connectivity index (χ0) is 50.3. The third kappa shape index (κ3) is 19.6. The first-order chi connectivity index (χ1) is 35.1. The number of amides is 4. The molecule has 0 aliphatic carbocycles. The Morgan fingerprint density at radius 3 is 0.944 bits per heavy atom. The molecule has 4 aliphatic rings. The minimum atomic E-state index is -0.0606. The molecule has 0 radical (unpaired) electrons. The van der Waals surface area contributed by atoms with Gasteiger partial charge in [-0.1, -0.05) is 0 Å². The van der Waals surface area contributed by atoms with Gasteiger partial charge in [-0.2, -0.15) is 0 Å². The summed E-state index contributed by atoms with van der Waals surface area (Å²) in [6.07, 6.45) is 5.11. The fourth-order valence-electron chi connectivity index (χ4n) is 8.82. The van der Waals surface area contributed by atoms with E-state index >= 15 is 0 Å². The zero-order valence-electron chi connectivity index (χ0n) is 42.3. The molecule has 4 aromatic carbocycles. The summed E-state index contributed by atoms with van der Waals surface area (Å²) in [7, 11) is 4.20. The van der Waals surface area contributed by atoms with Crippen molar-refractivity contribution >= 4 is 46.4 Å². The molecule has 0 unspecified atom stereocenters. The SMILES string of the molecule is CN1CCN(CC(=O)Nc2ccc(Oc3ccc(NC(=O)CN4CCN(C)CC4)cc3)cc2)CC1.O=C(CNCCN1CCCC1)Nc1ccc(Oc2ccc(NC(=O)CNCCN3CCCC3)cc2)cc1. The van der Waals surface area contributed by atoms with E-state index in [0.29, 0.717) is 49.2 Å². The lowest BCUT2D eigenvalue weighted by Crippen LogP contribution is -2.47. The van der Waals surface area contributed by atoms with Crippen LogP contribution in [-0.4, -0.2) is 198 Å². The number of anilines is 4. The van der Waals surface area contributed by atoms with Crippen LogP contribution >= 0.6 is 0 Å². The first-order valence-electron chi connectivity index (χ1n) is 25.7. The third-order valence-electron chi connectivity index (χ3n) is 13.1. The lowest BCUT2D eigenvalue weighted by Gasteiger charge is -2.31. The number of hydrogen-bond acceptors (Lipinski definition) is 14. The Labute approximate surface area is 425 Å². The number of rotatable bonds is 22. The topological polar surface area (TPSA) is 178 Å². The van der Waals surface area contributed by atoms with Crippen LogP contribution in [0.3, 0.4) is 0 Å². The van der Waals surface area contributed by atoms with Crippen LogP contribution in [0.1, 0.15) is 25.7 Å². The van der Waals surface area contributed by atoms with Gasteiger partial charge < -0.3 is 61.0 Å². The second-order valence-corrected chi connectivity index (χ2v) is 19.1. The van der Waals surface area contributed by atoms with Crippen molar-refractivity contribution < 1.29 is 28.7 Å².